The minimum Gasteiger partial charge on any atom is -0.393 e. The Morgan fingerprint density at radius 2 is 2.17 bits per heavy atom. The maximum Gasteiger partial charge on any atom is 0.236 e. The average molecular weight is 238 g/mol. The Bertz CT molecular complexity index is 152. The molecule has 0 aromatic carbocycles. The van der Waals surface area contributed by atoms with Crippen LogP contribution in [0.1, 0.15) is 27.2 Å². The molecule has 12 heavy (non-hydrogen) atoms. The maximum atomic E-state index is 11.2. The number of hydrogen-bond donors (Lipinski definition) is 2. The van der Waals surface area contributed by atoms with Gasteiger partial charge in [0.2, 0.25) is 5.91 Å². The van der Waals surface area contributed by atoms with Gasteiger partial charge in [-0.3, -0.25) is 4.79 Å². The number of aliphatic hydroxyl groups excluding tert-OH is 1. The summed E-state index contributed by atoms with van der Waals surface area (Å²) in [6, 6.07) is 0. The van der Waals surface area contributed by atoms with E-state index < -0.39 is 4.32 Å². The summed E-state index contributed by atoms with van der Waals surface area (Å²) < 4.78 is -0.522. The van der Waals surface area contributed by atoms with Gasteiger partial charge < -0.3 is 10.4 Å². The number of halogens is 1. The van der Waals surface area contributed by atoms with Gasteiger partial charge in [-0.1, -0.05) is 15.9 Å². The lowest BCUT2D eigenvalue weighted by Crippen LogP contribution is -2.38. The van der Waals surface area contributed by atoms with Gasteiger partial charge in [0.15, 0.2) is 0 Å². The van der Waals surface area contributed by atoms with Crippen molar-refractivity contribution < 1.29 is 9.90 Å². The van der Waals surface area contributed by atoms with Gasteiger partial charge in [0.05, 0.1) is 10.4 Å². The molecule has 0 aromatic rings. The van der Waals surface area contributed by atoms with Crippen LogP contribution in [0.25, 0.3) is 0 Å². The zero-order chi connectivity index (χ0) is 9.78. The van der Waals surface area contributed by atoms with E-state index in [0.717, 1.165) is 0 Å². The summed E-state index contributed by atoms with van der Waals surface area (Å²) in [5.41, 5.74) is 0. The van der Waals surface area contributed by atoms with Gasteiger partial charge in [-0.2, -0.15) is 0 Å². The normalized spacial score (nSPS) is 14.1. The second-order valence-electron chi connectivity index (χ2n) is 3.37. The number of amides is 1. The second-order valence-corrected chi connectivity index (χ2v) is 5.35. The molecule has 0 saturated carbocycles. The van der Waals surface area contributed by atoms with E-state index in [1.165, 1.54) is 0 Å². The molecule has 0 aliphatic rings. The second kappa shape index (κ2) is 4.82. The van der Waals surface area contributed by atoms with E-state index in [9.17, 15) is 4.79 Å². The van der Waals surface area contributed by atoms with Crippen molar-refractivity contribution in [2.45, 2.75) is 37.6 Å². The van der Waals surface area contributed by atoms with Crippen LogP contribution in [-0.2, 0) is 4.79 Å². The molecule has 3 nitrogen and oxygen atoms in total. The van der Waals surface area contributed by atoms with E-state index in [1.807, 2.05) is 0 Å². The number of nitrogens with one attached hydrogen (secondary N) is 1. The van der Waals surface area contributed by atoms with Crippen molar-refractivity contribution in [3.63, 3.8) is 0 Å². The molecule has 0 saturated heterocycles. The van der Waals surface area contributed by atoms with Crippen molar-refractivity contribution in [1.82, 2.24) is 5.32 Å². The SMILES string of the molecule is CC(O)CCNC(=O)C(C)(C)Br. The predicted molar refractivity (Wildman–Crippen MR) is 52.3 cm³/mol. The Hall–Kier alpha value is -0.0900. The monoisotopic (exact) mass is 237 g/mol. The average Bonchev–Trinajstić information content (AvgIpc) is 1.84. The lowest BCUT2D eigenvalue weighted by molar-refractivity contribution is -0.122. The summed E-state index contributed by atoms with van der Waals surface area (Å²) in [5, 5.41) is 11.6. The standard InChI is InChI=1S/C8H16BrNO2/c1-6(11)4-5-10-7(12)8(2,3)9/h6,11H,4-5H2,1-3H3,(H,10,12). The van der Waals surface area contributed by atoms with Gasteiger partial charge in [-0.05, 0) is 27.2 Å². The molecule has 1 atom stereocenters. The third kappa shape index (κ3) is 5.55. The third-order valence-corrected chi connectivity index (χ3v) is 1.75. The van der Waals surface area contributed by atoms with E-state index in [-0.39, 0.29) is 12.0 Å². The first kappa shape index (κ1) is 11.9. The van der Waals surface area contributed by atoms with Crippen LogP contribution in [0.3, 0.4) is 0 Å². The van der Waals surface area contributed by atoms with Crippen molar-refractivity contribution in [2.24, 2.45) is 0 Å². The molecule has 0 heterocycles. The summed E-state index contributed by atoms with van der Waals surface area (Å²) in [7, 11) is 0. The minimum atomic E-state index is -0.522. The largest absolute Gasteiger partial charge is 0.393 e. The lowest BCUT2D eigenvalue weighted by Gasteiger charge is -2.15. The molecule has 1 unspecified atom stereocenters. The molecule has 4 heteroatoms. The topological polar surface area (TPSA) is 49.3 Å². The first-order chi connectivity index (χ1) is 5.34. The summed E-state index contributed by atoms with van der Waals surface area (Å²) in [6.07, 6.45) is 0.234. The van der Waals surface area contributed by atoms with E-state index in [2.05, 4.69) is 21.2 Å². The molecule has 0 radical (unpaired) electrons. The van der Waals surface area contributed by atoms with E-state index in [1.54, 1.807) is 20.8 Å². The number of hydrogen-bond acceptors (Lipinski definition) is 2. The smallest absolute Gasteiger partial charge is 0.236 e. The van der Waals surface area contributed by atoms with Crippen LogP contribution in [0.5, 0.6) is 0 Å². The number of alkyl halides is 1. The van der Waals surface area contributed by atoms with Crippen molar-refractivity contribution in [2.75, 3.05) is 6.54 Å². The van der Waals surface area contributed by atoms with Crippen LogP contribution in [0.4, 0.5) is 0 Å². The fourth-order valence-corrected chi connectivity index (χ4v) is 0.745. The summed E-state index contributed by atoms with van der Waals surface area (Å²) >= 11 is 3.24. The van der Waals surface area contributed by atoms with Gasteiger partial charge in [0.1, 0.15) is 0 Å². The molecule has 1 amide bonds. The van der Waals surface area contributed by atoms with Gasteiger partial charge in [-0.15, -0.1) is 0 Å². The molecule has 2 N–H and O–H groups in total. The quantitative estimate of drug-likeness (QED) is 0.719. The van der Waals surface area contributed by atoms with Crippen molar-refractivity contribution in [3.05, 3.63) is 0 Å². The zero-order valence-electron chi connectivity index (χ0n) is 7.72. The molecule has 0 spiro atoms. The van der Waals surface area contributed by atoms with E-state index in [0.29, 0.717) is 13.0 Å². The molecule has 72 valence electrons. The van der Waals surface area contributed by atoms with Gasteiger partial charge >= 0.3 is 0 Å². The fourth-order valence-electron chi connectivity index (χ4n) is 0.605. The molecule has 0 aromatic heterocycles. The Labute approximate surface area is 81.7 Å². The summed E-state index contributed by atoms with van der Waals surface area (Å²) in [6.45, 7) is 5.78. The molecule has 0 aliphatic heterocycles. The number of carbonyl (C=O) groups is 1. The number of aliphatic hydroxyl groups is 1. The first-order valence-electron chi connectivity index (χ1n) is 3.99. The van der Waals surface area contributed by atoms with Crippen LogP contribution >= 0.6 is 15.9 Å². The van der Waals surface area contributed by atoms with Crippen molar-refractivity contribution in [1.29, 1.82) is 0 Å². The summed E-state index contributed by atoms with van der Waals surface area (Å²) in [5.74, 6) is -0.0526. The molecular formula is C8H16BrNO2. The van der Waals surface area contributed by atoms with Crippen LogP contribution in [0.2, 0.25) is 0 Å². The summed E-state index contributed by atoms with van der Waals surface area (Å²) in [4.78, 5) is 11.2. The highest BCUT2D eigenvalue weighted by Crippen LogP contribution is 2.14. The molecular weight excluding hydrogens is 222 g/mol. The molecule has 0 aliphatic carbocycles. The highest BCUT2D eigenvalue weighted by atomic mass is 79.9. The van der Waals surface area contributed by atoms with Crippen LogP contribution < -0.4 is 5.32 Å². The minimum absolute atomic E-state index is 0.0526. The first-order valence-corrected chi connectivity index (χ1v) is 4.78. The van der Waals surface area contributed by atoms with E-state index in [4.69, 9.17) is 5.11 Å². The zero-order valence-corrected chi connectivity index (χ0v) is 9.31. The van der Waals surface area contributed by atoms with Crippen molar-refractivity contribution >= 4 is 21.8 Å². The van der Waals surface area contributed by atoms with Gasteiger partial charge in [0.25, 0.3) is 0 Å². The molecule has 0 rings (SSSR count). The van der Waals surface area contributed by atoms with Crippen LogP contribution in [0, 0.1) is 0 Å². The fraction of sp³-hybridized carbons (Fsp3) is 0.875. The van der Waals surface area contributed by atoms with Crippen molar-refractivity contribution in [3.8, 4) is 0 Å². The van der Waals surface area contributed by atoms with Crippen LogP contribution in [0.15, 0.2) is 0 Å². The number of carbonyl (C=O) groups excluding carboxylic acids is 1. The Morgan fingerprint density at radius 1 is 1.67 bits per heavy atom. The Kier molecular flexibility index (Phi) is 4.78. The highest BCUT2D eigenvalue weighted by molar-refractivity contribution is 9.10. The maximum absolute atomic E-state index is 11.2. The third-order valence-electron chi connectivity index (χ3n) is 1.39. The predicted octanol–water partition coefficient (Wildman–Crippen LogP) is 1.05. The Balaban J connectivity index is 3.59. The van der Waals surface area contributed by atoms with E-state index >= 15 is 0 Å². The molecule has 0 fully saturated rings. The highest BCUT2D eigenvalue weighted by Gasteiger charge is 2.22. The van der Waals surface area contributed by atoms with Gasteiger partial charge in [-0.25, -0.2) is 0 Å². The lowest BCUT2D eigenvalue weighted by atomic mass is 10.2. The Morgan fingerprint density at radius 3 is 2.50 bits per heavy atom. The number of rotatable bonds is 4. The van der Waals surface area contributed by atoms with Gasteiger partial charge in [0, 0.05) is 6.54 Å². The van der Waals surface area contributed by atoms with Crippen LogP contribution in [-0.4, -0.2) is 28.0 Å². The molecule has 0 bridgehead atoms.